The van der Waals surface area contributed by atoms with Crippen molar-refractivity contribution >= 4 is 28.7 Å². The number of aromatic nitrogens is 2. The zero-order valence-corrected chi connectivity index (χ0v) is 15.1. The number of quaternary nitrogens is 1. The molecule has 0 spiro atoms. The number of anilines is 1. The molecule has 3 N–H and O–H groups in total. The average molecular weight is 364 g/mol. The maximum absolute atomic E-state index is 6.12. The molecule has 0 radical (unpaired) electrons. The van der Waals surface area contributed by atoms with Gasteiger partial charge < -0.3 is 24.6 Å². The standard InChI is InChI=1S/C19H21BN4O3/c1-25-19-5-3-14(20-24(6-8-26-20)7-9-27-20)11-16(19)13-2-4-15-17(21)12-22-23-18(15)10-13/h2-5,10-12,24H,6-9H2,1H3,(H2,21,23). The molecule has 0 amide bonds. The van der Waals surface area contributed by atoms with Crippen LogP contribution in [0.3, 0.4) is 0 Å². The van der Waals surface area contributed by atoms with Crippen molar-refractivity contribution in [2.24, 2.45) is 0 Å². The number of benzene rings is 2. The molecular weight excluding hydrogens is 343 g/mol. The van der Waals surface area contributed by atoms with E-state index in [1.54, 1.807) is 13.3 Å². The minimum Gasteiger partial charge on any atom is -0.505 e. The molecule has 7 nitrogen and oxygen atoms in total. The van der Waals surface area contributed by atoms with Gasteiger partial charge in [-0.3, -0.25) is 0 Å². The Balaban J connectivity index is 1.65. The van der Waals surface area contributed by atoms with Gasteiger partial charge in [-0.05, 0) is 23.8 Å². The fourth-order valence-corrected chi connectivity index (χ4v) is 4.37. The Morgan fingerprint density at radius 3 is 2.70 bits per heavy atom. The second kappa shape index (κ2) is 6.19. The van der Waals surface area contributed by atoms with Crippen molar-refractivity contribution in [1.82, 2.24) is 10.2 Å². The monoisotopic (exact) mass is 364 g/mol. The quantitative estimate of drug-likeness (QED) is 0.636. The van der Waals surface area contributed by atoms with Crippen molar-refractivity contribution in [1.29, 1.82) is 0 Å². The number of methoxy groups -OCH3 is 1. The maximum Gasteiger partial charge on any atom is 0.501 e. The molecule has 2 aromatic carbocycles. The molecule has 0 atom stereocenters. The van der Waals surface area contributed by atoms with Crippen molar-refractivity contribution in [2.75, 3.05) is 39.1 Å². The molecule has 138 valence electrons. The van der Waals surface area contributed by atoms with Crippen LogP contribution in [0.15, 0.2) is 42.6 Å². The number of rotatable bonds is 3. The summed E-state index contributed by atoms with van der Waals surface area (Å²) in [6.45, 7) is 1.92. The van der Waals surface area contributed by atoms with E-state index in [1.165, 1.54) is 4.81 Å². The van der Waals surface area contributed by atoms with Crippen LogP contribution in [0.2, 0.25) is 0 Å². The predicted molar refractivity (Wildman–Crippen MR) is 104 cm³/mol. The highest BCUT2D eigenvalue weighted by atomic mass is 16.6. The van der Waals surface area contributed by atoms with E-state index in [1.807, 2.05) is 24.3 Å². The molecule has 5 rings (SSSR count). The number of nitrogens with two attached hydrogens (primary N) is 1. The molecule has 1 aromatic heterocycles. The lowest BCUT2D eigenvalue weighted by atomic mass is 9.63. The van der Waals surface area contributed by atoms with Gasteiger partial charge in [0, 0.05) is 10.9 Å². The molecule has 0 aliphatic carbocycles. The highest BCUT2D eigenvalue weighted by Crippen LogP contribution is 2.32. The summed E-state index contributed by atoms with van der Waals surface area (Å²) in [5.41, 5.74) is 10.4. The van der Waals surface area contributed by atoms with Crippen molar-refractivity contribution in [2.45, 2.75) is 0 Å². The van der Waals surface area contributed by atoms with Crippen LogP contribution in [0.25, 0.3) is 22.0 Å². The van der Waals surface area contributed by atoms with Crippen molar-refractivity contribution < 1.29 is 18.9 Å². The third-order valence-corrected chi connectivity index (χ3v) is 5.73. The van der Waals surface area contributed by atoms with Crippen LogP contribution < -0.4 is 20.7 Å². The molecule has 8 heteroatoms. The highest BCUT2D eigenvalue weighted by molar-refractivity contribution is 6.74. The highest BCUT2D eigenvalue weighted by Gasteiger charge is 2.51. The lowest BCUT2D eigenvalue weighted by Crippen LogP contribution is -3.21. The second-order valence-corrected chi connectivity index (χ2v) is 7.10. The summed E-state index contributed by atoms with van der Waals surface area (Å²) in [7, 11) is 1.68. The SMILES string of the molecule is COc1ccc([B-]23OCC[NH+]2CCO3)cc1-c1ccc2c(N)cnnc2c1. The predicted octanol–water partition coefficient (Wildman–Crippen LogP) is -0.0212. The van der Waals surface area contributed by atoms with Crippen molar-refractivity contribution in [3.63, 3.8) is 0 Å². The van der Waals surface area contributed by atoms with E-state index in [2.05, 4.69) is 22.3 Å². The average Bonchev–Trinajstić information content (AvgIpc) is 3.28. The number of ether oxygens (including phenoxy) is 1. The van der Waals surface area contributed by atoms with Gasteiger partial charge in [-0.1, -0.05) is 23.7 Å². The van der Waals surface area contributed by atoms with Gasteiger partial charge in [0.2, 0.25) is 0 Å². The number of hydrogen-bond donors (Lipinski definition) is 2. The van der Waals surface area contributed by atoms with Crippen LogP contribution in [0, 0.1) is 0 Å². The van der Waals surface area contributed by atoms with E-state index in [4.69, 9.17) is 19.8 Å². The maximum atomic E-state index is 6.12. The summed E-state index contributed by atoms with van der Waals surface area (Å²) in [4.78, 5) is 1.38. The normalized spacial score (nSPS) is 24.3. The molecule has 3 aromatic rings. The molecular formula is C19H21BN4O3. The third-order valence-electron chi connectivity index (χ3n) is 5.73. The Morgan fingerprint density at radius 2 is 1.93 bits per heavy atom. The Bertz CT molecular complexity index is 1020. The van der Waals surface area contributed by atoms with Crippen molar-refractivity contribution in [3.05, 3.63) is 42.6 Å². The van der Waals surface area contributed by atoms with E-state index in [0.29, 0.717) is 5.69 Å². The molecule has 2 saturated heterocycles. The van der Waals surface area contributed by atoms with Gasteiger partial charge in [0.05, 0.1) is 50.8 Å². The summed E-state index contributed by atoms with van der Waals surface area (Å²) in [5, 5.41) is 9.07. The first-order chi connectivity index (χ1) is 13.2. The minimum absolute atomic E-state index is 0.618. The van der Waals surface area contributed by atoms with Gasteiger partial charge in [-0.2, -0.15) is 10.2 Å². The van der Waals surface area contributed by atoms with Crippen LogP contribution in [-0.4, -0.2) is 50.3 Å². The molecule has 0 unspecified atom stereocenters. The molecule has 0 saturated carbocycles. The summed E-state index contributed by atoms with van der Waals surface area (Å²) in [6, 6.07) is 12.1. The third kappa shape index (κ3) is 2.49. The lowest BCUT2D eigenvalue weighted by Gasteiger charge is -2.32. The Labute approximate surface area is 157 Å². The second-order valence-electron chi connectivity index (χ2n) is 7.10. The van der Waals surface area contributed by atoms with Gasteiger partial charge in [0.25, 0.3) is 0 Å². The van der Waals surface area contributed by atoms with Crippen LogP contribution in [-0.2, 0) is 9.31 Å². The molecule has 3 heterocycles. The fraction of sp³-hybridized carbons (Fsp3) is 0.263. The van der Waals surface area contributed by atoms with E-state index in [9.17, 15) is 0 Å². The molecule has 2 fully saturated rings. The first-order valence-electron chi connectivity index (χ1n) is 9.18. The van der Waals surface area contributed by atoms with Crippen LogP contribution in [0.1, 0.15) is 0 Å². The number of hydrogen-bond acceptors (Lipinski definition) is 6. The zero-order chi connectivity index (χ0) is 18.4. The number of nitrogens with one attached hydrogen (secondary N) is 1. The number of fused-ring (bicyclic) bond motifs is 2. The zero-order valence-electron chi connectivity index (χ0n) is 15.1. The lowest BCUT2D eigenvalue weighted by molar-refractivity contribution is -0.781. The Morgan fingerprint density at radius 1 is 1.11 bits per heavy atom. The van der Waals surface area contributed by atoms with Crippen LogP contribution in [0.5, 0.6) is 5.75 Å². The summed E-state index contributed by atoms with van der Waals surface area (Å²) >= 11 is 0. The van der Waals surface area contributed by atoms with Gasteiger partial charge in [-0.25, -0.2) is 0 Å². The largest absolute Gasteiger partial charge is 0.505 e. The van der Waals surface area contributed by atoms with Crippen LogP contribution in [0.4, 0.5) is 5.69 Å². The number of nitrogens with zero attached hydrogens (tertiary/aromatic N) is 2. The van der Waals surface area contributed by atoms with Crippen molar-refractivity contribution in [3.8, 4) is 16.9 Å². The van der Waals surface area contributed by atoms with E-state index >= 15 is 0 Å². The van der Waals surface area contributed by atoms with E-state index in [0.717, 1.165) is 59.5 Å². The van der Waals surface area contributed by atoms with Gasteiger partial charge in [-0.15, -0.1) is 0 Å². The molecule has 2 aliphatic heterocycles. The first kappa shape index (κ1) is 16.5. The molecule has 2 aliphatic rings. The first-order valence-corrected chi connectivity index (χ1v) is 9.18. The summed E-state index contributed by atoms with van der Waals surface area (Å²) < 4.78 is 17.9. The van der Waals surface area contributed by atoms with Crippen LogP contribution >= 0.6 is 0 Å². The molecule has 0 bridgehead atoms. The van der Waals surface area contributed by atoms with Gasteiger partial charge >= 0.3 is 6.69 Å². The van der Waals surface area contributed by atoms with E-state index < -0.39 is 6.69 Å². The molecule has 27 heavy (non-hydrogen) atoms. The summed E-state index contributed by atoms with van der Waals surface area (Å²) in [5.74, 6) is 0.791. The summed E-state index contributed by atoms with van der Waals surface area (Å²) in [6.07, 6.45) is 1.57. The fourth-order valence-electron chi connectivity index (χ4n) is 4.37. The smallest absolute Gasteiger partial charge is 0.501 e. The topological polar surface area (TPSA) is 83.9 Å². The Hall–Kier alpha value is -2.68. The van der Waals surface area contributed by atoms with Gasteiger partial charge in [0.15, 0.2) is 0 Å². The van der Waals surface area contributed by atoms with Gasteiger partial charge in [0.1, 0.15) is 5.75 Å². The number of nitrogen functional groups attached to an aromatic ring is 1. The Kier molecular flexibility index (Phi) is 3.78. The van der Waals surface area contributed by atoms with E-state index in [-0.39, 0.29) is 0 Å². The minimum atomic E-state index is -1.48.